The highest BCUT2D eigenvalue weighted by Gasteiger charge is 2.56. The fourth-order valence-corrected chi connectivity index (χ4v) is 3.85. The van der Waals surface area contributed by atoms with Gasteiger partial charge in [-0.05, 0) is 38.1 Å². The Morgan fingerprint density at radius 2 is 2.09 bits per heavy atom. The summed E-state index contributed by atoms with van der Waals surface area (Å²) in [6.07, 6.45) is 0. The minimum absolute atomic E-state index is 0.0180. The second-order valence-corrected chi connectivity index (χ2v) is 6.15. The van der Waals surface area contributed by atoms with E-state index >= 15 is 0 Å². The van der Waals surface area contributed by atoms with E-state index in [1.165, 1.54) is 0 Å². The second-order valence-electron chi connectivity index (χ2n) is 6.15. The first kappa shape index (κ1) is 14.1. The van der Waals surface area contributed by atoms with E-state index in [1.54, 1.807) is 6.92 Å². The first-order valence-electron chi connectivity index (χ1n) is 7.91. The summed E-state index contributed by atoms with van der Waals surface area (Å²) in [6.45, 7) is 6.23. The van der Waals surface area contributed by atoms with Crippen LogP contribution in [0.25, 0.3) is 0 Å². The fraction of sp³-hybridized carbons (Fsp3) is 0.316. The molecule has 0 fully saturated rings. The van der Waals surface area contributed by atoms with E-state index in [0.29, 0.717) is 6.61 Å². The largest absolute Gasteiger partial charge is 0.494 e. The molecule has 2 aromatic carbocycles. The number of hydrogen-bond donors (Lipinski definition) is 0. The van der Waals surface area contributed by atoms with Gasteiger partial charge in [-0.25, -0.2) is 0 Å². The molecule has 0 radical (unpaired) electrons. The molecular formula is C19H19NO3. The van der Waals surface area contributed by atoms with E-state index in [2.05, 4.69) is 6.92 Å². The monoisotopic (exact) mass is 309 g/mol. The zero-order valence-corrected chi connectivity index (χ0v) is 13.5. The van der Waals surface area contributed by atoms with Crippen LogP contribution in [-0.2, 0) is 10.4 Å². The van der Waals surface area contributed by atoms with Gasteiger partial charge in [0.1, 0.15) is 17.5 Å². The van der Waals surface area contributed by atoms with Gasteiger partial charge in [0.2, 0.25) is 5.91 Å². The van der Waals surface area contributed by atoms with E-state index in [1.807, 2.05) is 54.3 Å². The Morgan fingerprint density at radius 3 is 2.83 bits per heavy atom. The Hall–Kier alpha value is -2.49. The van der Waals surface area contributed by atoms with Crippen molar-refractivity contribution in [1.29, 1.82) is 0 Å². The summed E-state index contributed by atoms with van der Waals surface area (Å²) in [5.41, 5.74) is 2.43. The van der Waals surface area contributed by atoms with Crippen molar-refractivity contribution in [2.45, 2.75) is 32.4 Å². The van der Waals surface area contributed by atoms with E-state index in [-0.39, 0.29) is 11.9 Å². The maximum absolute atomic E-state index is 12.4. The van der Waals surface area contributed by atoms with E-state index in [0.717, 1.165) is 28.3 Å². The van der Waals surface area contributed by atoms with Crippen LogP contribution in [-0.4, -0.2) is 12.5 Å². The molecule has 4 nitrogen and oxygen atoms in total. The van der Waals surface area contributed by atoms with Crippen molar-refractivity contribution in [1.82, 2.24) is 0 Å². The van der Waals surface area contributed by atoms with Crippen LogP contribution < -0.4 is 14.4 Å². The van der Waals surface area contributed by atoms with Crippen LogP contribution >= 0.6 is 0 Å². The summed E-state index contributed by atoms with van der Waals surface area (Å²) < 4.78 is 11.9. The third-order valence-corrected chi connectivity index (χ3v) is 4.73. The van der Waals surface area contributed by atoms with Gasteiger partial charge < -0.3 is 14.4 Å². The second kappa shape index (κ2) is 4.75. The summed E-state index contributed by atoms with van der Waals surface area (Å²) in [5.74, 6) is 1.64. The lowest BCUT2D eigenvalue weighted by molar-refractivity contribution is -0.117. The molecule has 2 heterocycles. The van der Waals surface area contributed by atoms with Gasteiger partial charge in [0, 0.05) is 18.1 Å². The van der Waals surface area contributed by atoms with Crippen molar-refractivity contribution in [3.05, 3.63) is 53.6 Å². The first-order valence-corrected chi connectivity index (χ1v) is 7.91. The fourth-order valence-electron chi connectivity index (χ4n) is 3.85. The van der Waals surface area contributed by atoms with Crippen molar-refractivity contribution >= 4 is 11.6 Å². The molecule has 0 saturated carbocycles. The molecular weight excluding hydrogens is 290 g/mol. The Balaban J connectivity index is 1.91. The number of benzene rings is 2. The van der Waals surface area contributed by atoms with Crippen LogP contribution in [0.4, 0.5) is 5.69 Å². The van der Waals surface area contributed by atoms with Crippen molar-refractivity contribution in [2.75, 3.05) is 11.5 Å². The number of carbonyl (C=O) groups is 1. The number of nitrogens with zero attached hydrogens (tertiary/aromatic N) is 1. The van der Waals surface area contributed by atoms with Gasteiger partial charge in [-0.2, -0.15) is 0 Å². The summed E-state index contributed by atoms with van der Waals surface area (Å²) in [6, 6.07) is 13.7. The first-order chi connectivity index (χ1) is 11.1. The van der Waals surface area contributed by atoms with Crippen LogP contribution in [0.15, 0.2) is 42.5 Å². The summed E-state index contributed by atoms with van der Waals surface area (Å²) in [7, 11) is 0. The van der Waals surface area contributed by atoms with Crippen molar-refractivity contribution < 1.29 is 14.3 Å². The van der Waals surface area contributed by atoms with E-state index in [4.69, 9.17) is 9.47 Å². The number of ether oxygens (including phenoxy) is 2. The molecule has 0 bridgehead atoms. The molecule has 2 aliphatic heterocycles. The summed E-state index contributed by atoms with van der Waals surface area (Å²) in [4.78, 5) is 14.2. The topological polar surface area (TPSA) is 38.8 Å². The average molecular weight is 309 g/mol. The Bertz CT molecular complexity index is 801. The van der Waals surface area contributed by atoms with Crippen LogP contribution in [0, 0.1) is 0 Å². The van der Waals surface area contributed by atoms with E-state index < -0.39 is 5.60 Å². The molecule has 0 saturated heterocycles. The van der Waals surface area contributed by atoms with Gasteiger partial charge in [-0.15, -0.1) is 0 Å². The number of amides is 1. The lowest BCUT2D eigenvalue weighted by Gasteiger charge is -2.28. The van der Waals surface area contributed by atoms with Gasteiger partial charge in [-0.1, -0.05) is 18.2 Å². The zero-order chi connectivity index (χ0) is 16.2. The van der Waals surface area contributed by atoms with Gasteiger partial charge in [-0.3, -0.25) is 4.79 Å². The quantitative estimate of drug-likeness (QED) is 0.847. The van der Waals surface area contributed by atoms with Crippen LogP contribution in [0.3, 0.4) is 0 Å². The molecule has 4 rings (SSSR count). The van der Waals surface area contributed by atoms with Crippen LogP contribution in [0.2, 0.25) is 0 Å². The smallest absolute Gasteiger partial charge is 0.224 e. The molecule has 2 aromatic rings. The Labute approximate surface area is 135 Å². The van der Waals surface area contributed by atoms with Crippen LogP contribution in [0.5, 0.6) is 11.5 Å². The molecule has 1 amide bonds. The van der Waals surface area contributed by atoms with Crippen molar-refractivity contribution in [2.24, 2.45) is 0 Å². The predicted octanol–water partition coefficient (Wildman–Crippen LogP) is 3.80. The molecule has 0 unspecified atom stereocenters. The molecule has 2 atom stereocenters. The van der Waals surface area contributed by atoms with Gasteiger partial charge in [0.15, 0.2) is 5.60 Å². The maximum atomic E-state index is 12.4. The number of hydrogen-bond acceptors (Lipinski definition) is 3. The van der Waals surface area contributed by atoms with E-state index in [9.17, 15) is 4.79 Å². The molecule has 2 aliphatic rings. The predicted molar refractivity (Wildman–Crippen MR) is 87.9 cm³/mol. The van der Waals surface area contributed by atoms with Crippen molar-refractivity contribution in [3.63, 3.8) is 0 Å². The number of carbonyl (C=O) groups excluding carboxylic acids is 1. The Kier molecular flexibility index (Phi) is 2.92. The maximum Gasteiger partial charge on any atom is 0.224 e. The number of anilines is 1. The highest BCUT2D eigenvalue weighted by Crippen LogP contribution is 2.59. The summed E-state index contributed by atoms with van der Waals surface area (Å²) in [5, 5.41) is 0. The number of para-hydroxylation sites is 1. The van der Waals surface area contributed by atoms with Crippen LogP contribution in [0.1, 0.15) is 37.9 Å². The standard InChI is InChI=1S/C19H19NO3/c1-4-22-13-9-10-17-14(11-13)18-19(3,23-17)15-7-5-6-8-16(15)20(18)12(2)21/h5-11,18H,4H2,1-3H3/t18-,19-/m1/s1. The Morgan fingerprint density at radius 1 is 1.30 bits per heavy atom. The van der Waals surface area contributed by atoms with Gasteiger partial charge >= 0.3 is 0 Å². The lowest BCUT2D eigenvalue weighted by atomic mass is 9.89. The normalized spacial score (nSPS) is 23.8. The number of rotatable bonds is 2. The highest BCUT2D eigenvalue weighted by atomic mass is 16.5. The van der Waals surface area contributed by atoms with Gasteiger partial charge in [0.05, 0.1) is 12.3 Å². The summed E-state index contributed by atoms with van der Waals surface area (Å²) >= 11 is 0. The molecule has 0 aliphatic carbocycles. The average Bonchev–Trinajstić information content (AvgIpc) is 2.95. The highest BCUT2D eigenvalue weighted by molar-refractivity contribution is 5.96. The SMILES string of the molecule is CCOc1ccc2c(c1)[C@H]1N(C(C)=O)c3ccccc3[C@@]1(C)O2. The minimum atomic E-state index is -0.560. The van der Waals surface area contributed by atoms with Gasteiger partial charge in [0.25, 0.3) is 0 Å². The molecule has 4 heteroatoms. The third kappa shape index (κ3) is 1.81. The zero-order valence-electron chi connectivity index (χ0n) is 13.5. The molecule has 118 valence electrons. The van der Waals surface area contributed by atoms with Crippen molar-refractivity contribution in [3.8, 4) is 11.5 Å². The lowest BCUT2D eigenvalue weighted by Crippen LogP contribution is -2.37. The number of fused-ring (bicyclic) bond motifs is 5. The molecule has 0 spiro atoms. The third-order valence-electron chi connectivity index (χ3n) is 4.73. The minimum Gasteiger partial charge on any atom is -0.494 e. The molecule has 0 aromatic heterocycles. The molecule has 0 N–H and O–H groups in total. The molecule has 23 heavy (non-hydrogen) atoms.